The third-order valence-corrected chi connectivity index (χ3v) is 21.6. The van der Waals surface area contributed by atoms with Crippen LogP contribution in [0.25, 0.3) is 0 Å². The summed E-state index contributed by atoms with van der Waals surface area (Å²) in [6.45, 7) is 14.3. The molecule has 606 valence electrons. The van der Waals surface area contributed by atoms with Crippen LogP contribution in [0.1, 0.15) is 428 Å². The van der Waals surface area contributed by atoms with E-state index in [1.54, 1.807) is 0 Å². The number of aliphatic hydroxyl groups is 1. The van der Waals surface area contributed by atoms with Crippen molar-refractivity contribution in [1.29, 1.82) is 0 Å². The molecule has 0 amide bonds. The molecule has 0 aromatic carbocycles. The molecule has 3 N–H and O–H groups in total. The molecule has 0 spiro atoms. The lowest BCUT2D eigenvalue weighted by atomic mass is 9.99. The van der Waals surface area contributed by atoms with Crippen molar-refractivity contribution in [1.82, 2.24) is 0 Å². The fraction of sp³-hybridized carbons (Fsp3) is 0.952. The molecule has 0 heterocycles. The first-order chi connectivity index (χ1) is 49.1. The van der Waals surface area contributed by atoms with Gasteiger partial charge in [0.15, 0.2) is 12.2 Å². The predicted molar refractivity (Wildman–Crippen MR) is 418 cm³/mol. The van der Waals surface area contributed by atoms with E-state index in [1.165, 1.54) is 225 Å². The van der Waals surface area contributed by atoms with Crippen molar-refractivity contribution in [2.45, 2.75) is 446 Å². The Hall–Kier alpha value is -1.94. The van der Waals surface area contributed by atoms with Gasteiger partial charge in [-0.25, -0.2) is 9.13 Å². The van der Waals surface area contributed by atoms with Crippen molar-refractivity contribution in [3.63, 3.8) is 0 Å². The lowest BCUT2D eigenvalue weighted by Crippen LogP contribution is -2.30. The number of esters is 4. The molecule has 0 aliphatic carbocycles. The number of phosphoric acid groups is 2. The van der Waals surface area contributed by atoms with Crippen LogP contribution in [0.2, 0.25) is 0 Å². The molecule has 0 fully saturated rings. The number of hydrogen-bond acceptors (Lipinski definition) is 15. The Kier molecular flexibility index (Phi) is 70.6. The van der Waals surface area contributed by atoms with E-state index < -0.39 is 97.5 Å². The highest BCUT2D eigenvalue weighted by molar-refractivity contribution is 7.47. The predicted octanol–water partition coefficient (Wildman–Crippen LogP) is 24.8. The molecule has 0 radical (unpaired) electrons. The van der Waals surface area contributed by atoms with Crippen LogP contribution in [-0.4, -0.2) is 96.7 Å². The monoisotopic (exact) mass is 1490 g/mol. The van der Waals surface area contributed by atoms with Crippen LogP contribution >= 0.6 is 15.6 Å². The summed E-state index contributed by atoms with van der Waals surface area (Å²) in [7, 11) is -9.92. The van der Waals surface area contributed by atoms with E-state index in [9.17, 15) is 43.2 Å². The van der Waals surface area contributed by atoms with Crippen molar-refractivity contribution in [3.05, 3.63) is 0 Å². The minimum absolute atomic E-state index is 0.105. The molecule has 0 saturated carbocycles. The van der Waals surface area contributed by atoms with E-state index in [1.807, 2.05) is 0 Å². The number of ether oxygens (including phenoxy) is 4. The van der Waals surface area contributed by atoms with Crippen LogP contribution < -0.4 is 0 Å². The molecule has 0 aromatic heterocycles. The Morgan fingerprint density at radius 3 is 0.696 bits per heavy atom. The highest BCUT2D eigenvalue weighted by Crippen LogP contribution is 2.45. The van der Waals surface area contributed by atoms with Crippen molar-refractivity contribution >= 4 is 39.5 Å². The van der Waals surface area contributed by atoms with Crippen molar-refractivity contribution in [2.24, 2.45) is 23.7 Å². The van der Waals surface area contributed by atoms with Gasteiger partial charge in [-0.15, -0.1) is 0 Å². The second-order valence-electron chi connectivity index (χ2n) is 31.5. The second kappa shape index (κ2) is 72.0. The van der Waals surface area contributed by atoms with Gasteiger partial charge >= 0.3 is 39.5 Å². The number of rotatable bonds is 80. The van der Waals surface area contributed by atoms with Gasteiger partial charge in [0, 0.05) is 25.7 Å². The standard InChI is InChI=1S/C83H162O17P2/c1-9-76(8)62-54-46-38-30-23-19-16-17-20-24-31-39-47-55-63-80(85)93-69-78(99-82(87)65-57-49-40-32-25-21-15-13-11-10-12-14-18-22-28-35-43-51-59-73(2)3)71-97-101(89,90)95-67-77(84)68-96-102(91,92)98-72-79(70-94-81(86)64-56-48-42-34-37-45-53-61-75(6)7)100-83(88)66-58-50-41-33-27-26-29-36-44-52-60-74(4)5/h73-79,84H,9-72H2,1-8H3,(H,89,90)(H,91,92)/t76?,77?,78-,79-/m1/s1. The summed E-state index contributed by atoms with van der Waals surface area (Å²) in [5, 5.41) is 10.6. The summed E-state index contributed by atoms with van der Waals surface area (Å²) in [5.74, 6) is 1.01. The zero-order chi connectivity index (χ0) is 75.3. The maximum Gasteiger partial charge on any atom is 0.472 e. The van der Waals surface area contributed by atoms with Gasteiger partial charge in [-0.3, -0.25) is 37.3 Å². The average molecular weight is 1490 g/mol. The van der Waals surface area contributed by atoms with E-state index in [0.717, 1.165) is 114 Å². The van der Waals surface area contributed by atoms with E-state index >= 15 is 0 Å². The summed E-state index contributed by atoms with van der Waals surface area (Å²) < 4.78 is 68.8. The van der Waals surface area contributed by atoms with Crippen LogP contribution in [0.3, 0.4) is 0 Å². The zero-order valence-electron chi connectivity index (χ0n) is 67.2. The first kappa shape index (κ1) is 100. The smallest absolute Gasteiger partial charge is 0.462 e. The minimum Gasteiger partial charge on any atom is -0.462 e. The highest BCUT2D eigenvalue weighted by atomic mass is 31.2. The Balaban J connectivity index is 5.23. The van der Waals surface area contributed by atoms with Gasteiger partial charge < -0.3 is 33.8 Å². The molecule has 0 saturated heterocycles. The molecule has 6 atom stereocenters. The molecule has 4 unspecified atom stereocenters. The van der Waals surface area contributed by atoms with Gasteiger partial charge in [-0.1, -0.05) is 376 Å². The SMILES string of the molecule is CCC(C)CCCCCCCCCCCCCCCCC(=O)OC[C@H](COP(=O)(O)OCC(O)COP(=O)(O)OC[C@@H](COC(=O)CCCCCCCCCC(C)C)OC(=O)CCCCCCCCCCCCC(C)C)OC(=O)CCCCCCCCCCCCCCCCCCCCC(C)C. The van der Waals surface area contributed by atoms with Crippen LogP contribution in [0.5, 0.6) is 0 Å². The molecule has 0 aromatic rings. The Labute approximate surface area is 626 Å². The summed E-state index contributed by atoms with van der Waals surface area (Å²) in [6, 6.07) is 0. The number of hydrogen-bond donors (Lipinski definition) is 3. The topological polar surface area (TPSA) is 237 Å². The van der Waals surface area contributed by atoms with Crippen molar-refractivity contribution < 1.29 is 80.2 Å². The Bertz CT molecular complexity index is 1990. The van der Waals surface area contributed by atoms with Gasteiger partial charge in [0.2, 0.25) is 0 Å². The molecular weight excluding hydrogens is 1330 g/mol. The Morgan fingerprint density at radius 2 is 0.471 bits per heavy atom. The fourth-order valence-electron chi connectivity index (χ4n) is 12.8. The normalized spacial score (nSPS) is 14.3. The fourth-order valence-corrected chi connectivity index (χ4v) is 14.3. The van der Waals surface area contributed by atoms with E-state index in [0.29, 0.717) is 31.6 Å². The maximum atomic E-state index is 13.1. The van der Waals surface area contributed by atoms with E-state index in [4.69, 9.17) is 37.0 Å². The molecule has 0 rings (SSSR count). The van der Waals surface area contributed by atoms with Crippen LogP contribution in [-0.2, 0) is 65.4 Å². The molecule has 102 heavy (non-hydrogen) atoms. The van der Waals surface area contributed by atoms with Crippen LogP contribution in [0.4, 0.5) is 0 Å². The Morgan fingerprint density at radius 1 is 0.275 bits per heavy atom. The summed E-state index contributed by atoms with van der Waals surface area (Å²) in [4.78, 5) is 73.1. The molecule has 19 heteroatoms. The highest BCUT2D eigenvalue weighted by Gasteiger charge is 2.30. The third-order valence-electron chi connectivity index (χ3n) is 19.7. The molecule has 0 bridgehead atoms. The maximum absolute atomic E-state index is 13.1. The number of phosphoric ester groups is 2. The van der Waals surface area contributed by atoms with Crippen molar-refractivity contribution in [2.75, 3.05) is 39.6 Å². The third kappa shape index (κ3) is 74.9. The van der Waals surface area contributed by atoms with Gasteiger partial charge in [0.1, 0.15) is 19.3 Å². The zero-order valence-corrected chi connectivity index (χ0v) is 69.0. The van der Waals surface area contributed by atoms with Crippen LogP contribution in [0, 0.1) is 23.7 Å². The molecule has 0 aliphatic rings. The lowest BCUT2D eigenvalue weighted by Gasteiger charge is -2.21. The number of carbonyl (C=O) groups is 4. The van der Waals surface area contributed by atoms with E-state index in [2.05, 4.69) is 55.4 Å². The van der Waals surface area contributed by atoms with Gasteiger partial charge in [-0.05, 0) is 49.4 Å². The number of aliphatic hydroxyl groups excluding tert-OH is 1. The molecular formula is C83H162O17P2. The van der Waals surface area contributed by atoms with Gasteiger partial charge in [0.25, 0.3) is 0 Å². The van der Waals surface area contributed by atoms with E-state index in [-0.39, 0.29) is 25.7 Å². The molecule has 17 nitrogen and oxygen atoms in total. The van der Waals surface area contributed by atoms with Crippen LogP contribution in [0.15, 0.2) is 0 Å². The largest absolute Gasteiger partial charge is 0.472 e. The first-order valence-corrected chi connectivity index (χ1v) is 45.7. The number of carbonyl (C=O) groups excluding carboxylic acids is 4. The summed E-state index contributed by atoms with van der Waals surface area (Å²) in [6.07, 6.45) is 59.8. The quantitative estimate of drug-likeness (QED) is 0.0222. The average Bonchev–Trinajstić information content (AvgIpc) is 0.946. The lowest BCUT2D eigenvalue weighted by molar-refractivity contribution is -0.161. The number of unbranched alkanes of at least 4 members (excludes halogenated alkanes) is 45. The summed E-state index contributed by atoms with van der Waals surface area (Å²) >= 11 is 0. The minimum atomic E-state index is -4.96. The summed E-state index contributed by atoms with van der Waals surface area (Å²) in [5.41, 5.74) is 0. The van der Waals surface area contributed by atoms with Crippen molar-refractivity contribution in [3.8, 4) is 0 Å². The van der Waals surface area contributed by atoms with Gasteiger partial charge in [-0.2, -0.15) is 0 Å². The second-order valence-corrected chi connectivity index (χ2v) is 34.4. The van der Waals surface area contributed by atoms with Gasteiger partial charge in [0.05, 0.1) is 26.4 Å². The molecule has 0 aliphatic heterocycles. The first-order valence-electron chi connectivity index (χ1n) is 42.7.